The average molecular weight is 403 g/mol. The zero-order valence-corrected chi connectivity index (χ0v) is 16.9. The van der Waals surface area contributed by atoms with Gasteiger partial charge in [-0.05, 0) is 62.7 Å². The summed E-state index contributed by atoms with van der Waals surface area (Å²) in [7, 11) is 1.36. The Labute approximate surface area is 170 Å². The predicted molar refractivity (Wildman–Crippen MR) is 99.1 cm³/mol. The van der Waals surface area contributed by atoms with Crippen LogP contribution >= 0.6 is 0 Å². The van der Waals surface area contributed by atoms with Gasteiger partial charge in [0.1, 0.15) is 6.33 Å². The Kier molecular flexibility index (Phi) is 4.09. The molecule has 29 heavy (non-hydrogen) atoms. The van der Waals surface area contributed by atoms with E-state index in [-0.39, 0.29) is 5.82 Å². The number of hydrogen-bond donors (Lipinski definition) is 0. The third kappa shape index (κ3) is 2.79. The van der Waals surface area contributed by atoms with Crippen LogP contribution in [0.3, 0.4) is 0 Å². The molecule has 6 fully saturated rings. The number of rotatable bonds is 3. The Morgan fingerprint density at radius 1 is 1.14 bits per heavy atom. The fourth-order valence-corrected chi connectivity index (χ4v) is 6.99. The van der Waals surface area contributed by atoms with Gasteiger partial charge < -0.3 is 9.47 Å². The van der Waals surface area contributed by atoms with Gasteiger partial charge in [0, 0.05) is 31.2 Å². The maximum atomic E-state index is 11.8. The van der Waals surface area contributed by atoms with E-state index in [0.29, 0.717) is 24.3 Å². The van der Waals surface area contributed by atoms with E-state index in [9.17, 15) is 4.79 Å². The molecule has 0 radical (unpaired) electrons. The molecule has 1 aromatic rings. The first-order chi connectivity index (χ1) is 14.1. The first-order valence-electron chi connectivity index (χ1n) is 11.1. The van der Waals surface area contributed by atoms with Crippen molar-refractivity contribution >= 4 is 5.97 Å². The van der Waals surface area contributed by atoms with Crippen LogP contribution in [0.5, 0.6) is 0 Å². The molecule has 0 amide bonds. The Bertz CT molecular complexity index is 772. The second-order valence-corrected chi connectivity index (χ2v) is 9.91. The monoisotopic (exact) mass is 403 g/mol. The fourth-order valence-electron chi connectivity index (χ4n) is 6.99. The highest BCUT2D eigenvalue weighted by molar-refractivity contribution is 5.85. The molecule has 5 aliphatic carbocycles. The van der Waals surface area contributed by atoms with Gasteiger partial charge in [0.15, 0.2) is 0 Å². The van der Waals surface area contributed by atoms with Crippen molar-refractivity contribution in [2.75, 3.05) is 7.11 Å². The van der Waals surface area contributed by atoms with Crippen LogP contribution in [0.4, 0.5) is 0 Å². The third-order valence-electron chi connectivity index (χ3n) is 8.23. The molecule has 1 aromatic heterocycles. The Hall–Kier alpha value is -1.51. The van der Waals surface area contributed by atoms with E-state index in [1.54, 1.807) is 4.68 Å². The summed E-state index contributed by atoms with van der Waals surface area (Å²) < 4.78 is 13.2. The van der Waals surface area contributed by atoms with Crippen LogP contribution in [-0.2, 0) is 25.8 Å². The molecule has 4 bridgehead atoms. The van der Waals surface area contributed by atoms with Gasteiger partial charge in [0.05, 0.1) is 7.11 Å². The number of hydrogen-bond acceptors (Lipinski definition) is 7. The van der Waals surface area contributed by atoms with Crippen LogP contribution in [0, 0.1) is 29.6 Å². The van der Waals surface area contributed by atoms with Gasteiger partial charge in [-0.2, -0.15) is 14.9 Å². The van der Waals surface area contributed by atoms with Crippen LogP contribution in [0.2, 0.25) is 0 Å². The van der Waals surface area contributed by atoms with Crippen molar-refractivity contribution in [2.45, 2.75) is 75.9 Å². The van der Waals surface area contributed by atoms with E-state index < -0.39 is 17.5 Å². The number of nitrogens with zero attached hydrogens (tertiary/aromatic N) is 3. The maximum Gasteiger partial charge on any atom is 0.375 e. The lowest BCUT2D eigenvalue weighted by atomic mass is 9.53. The summed E-state index contributed by atoms with van der Waals surface area (Å²) >= 11 is 0. The van der Waals surface area contributed by atoms with Crippen LogP contribution < -0.4 is 0 Å². The first kappa shape index (κ1) is 18.3. The summed E-state index contributed by atoms with van der Waals surface area (Å²) in [6.07, 6.45) is 11.3. The van der Waals surface area contributed by atoms with E-state index >= 15 is 0 Å². The molecule has 1 aliphatic heterocycles. The van der Waals surface area contributed by atoms with Crippen molar-refractivity contribution in [3.63, 3.8) is 0 Å². The van der Waals surface area contributed by atoms with Gasteiger partial charge in [-0.1, -0.05) is 0 Å². The molecule has 2 heterocycles. The van der Waals surface area contributed by atoms with E-state index in [4.69, 9.17) is 19.2 Å². The van der Waals surface area contributed by atoms with Crippen molar-refractivity contribution in [3.8, 4) is 0 Å². The van der Waals surface area contributed by atoms with Crippen molar-refractivity contribution < 1.29 is 24.0 Å². The summed E-state index contributed by atoms with van der Waals surface area (Å²) in [5.74, 6) is 1.84. The molecule has 1 saturated heterocycles. The molecule has 8 heteroatoms. The van der Waals surface area contributed by atoms with Crippen molar-refractivity contribution in [1.29, 1.82) is 0 Å². The molecule has 6 aliphatic rings. The lowest BCUT2D eigenvalue weighted by Gasteiger charge is -2.57. The predicted octanol–water partition coefficient (Wildman–Crippen LogP) is 3.08. The standard InChI is InChI=1S/C21H29N3O5/c1-26-19(25)18-22-12-23-24(18)11-13-2-4-20(5-3-13)27-21(29-28-20)16-7-14-6-15(9-16)10-17(21)8-14/h12-17H,2-11H2,1H3. The van der Waals surface area contributed by atoms with E-state index in [1.165, 1.54) is 45.5 Å². The molecular formula is C21H29N3O5. The zero-order chi connectivity index (χ0) is 19.6. The van der Waals surface area contributed by atoms with Gasteiger partial charge in [0.2, 0.25) is 17.4 Å². The minimum atomic E-state index is -0.598. The molecule has 0 N–H and O–H groups in total. The van der Waals surface area contributed by atoms with Gasteiger partial charge in [-0.25, -0.2) is 14.5 Å². The minimum Gasteiger partial charge on any atom is -0.463 e. The molecule has 5 saturated carbocycles. The summed E-state index contributed by atoms with van der Waals surface area (Å²) in [5, 5.41) is 4.20. The van der Waals surface area contributed by atoms with E-state index in [0.717, 1.165) is 37.5 Å². The SMILES string of the molecule is COC(=O)c1ncnn1CC1CCC2(CC1)OOC1(O2)C2CC3CC(C2)CC1C3. The van der Waals surface area contributed by atoms with E-state index in [1.807, 2.05) is 0 Å². The number of ether oxygens (including phenoxy) is 2. The average Bonchev–Trinajstić information content (AvgIpc) is 3.33. The molecule has 2 spiro atoms. The third-order valence-corrected chi connectivity index (χ3v) is 8.23. The summed E-state index contributed by atoms with van der Waals surface area (Å²) in [6.45, 7) is 0.654. The molecule has 7 rings (SSSR count). The summed E-state index contributed by atoms with van der Waals surface area (Å²) in [5.41, 5.74) is 0. The number of esters is 1. The molecular weight excluding hydrogens is 374 g/mol. The van der Waals surface area contributed by atoms with E-state index in [2.05, 4.69) is 10.1 Å². The van der Waals surface area contributed by atoms with Gasteiger partial charge in [-0.3, -0.25) is 0 Å². The van der Waals surface area contributed by atoms with Crippen LogP contribution in [0.1, 0.15) is 68.4 Å². The van der Waals surface area contributed by atoms with Crippen LogP contribution in [0.25, 0.3) is 0 Å². The highest BCUT2D eigenvalue weighted by Crippen LogP contribution is 2.63. The number of carbonyl (C=O) groups excluding carboxylic acids is 1. The lowest BCUT2D eigenvalue weighted by molar-refractivity contribution is -0.390. The molecule has 158 valence electrons. The largest absolute Gasteiger partial charge is 0.463 e. The second-order valence-electron chi connectivity index (χ2n) is 9.91. The Balaban J connectivity index is 1.12. The topological polar surface area (TPSA) is 84.7 Å². The number of methoxy groups -OCH3 is 1. The van der Waals surface area contributed by atoms with Crippen LogP contribution in [0.15, 0.2) is 6.33 Å². The first-order valence-corrected chi connectivity index (χ1v) is 11.1. The fraction of sp³-hybridized carbons (Fsp3) is 0.857. The van der Waals surface area contributed by atoms with Crippen molar-refractivity contribution in [2.24, 2.45) is 29.6 Å². The summed E-state index contributed by atoms with van der Waals surface area (Å²) in [6, 6.07) is 0. The zero-order valence-electron chi connectivity index (χ0n) is 16.9. The summed E-state index contributed by atoms with van der Waals surface area (Å²) in [4.78, 5) is 28.0. The lowest BCUT2D eigenvalue weighted by Crippen LogP contribution is -2.59. The van der Waals surface area contributed by atoms with Gasteiger partial charge in [-0.15, -0.1) is 0 Å². The quantitative estimate of drug-likeness (QED) is 0.566. The normalized spacial score (nSPS) is 45.3. The van der Waals surface area contributed by atoms with Gasteiger partial charge >= 0.3 is 5.97 Å². The Morgan fingerprint density at radius 2 is 1.83 bits per heavy atom. The Morgan fingerprint density at radius 3 is 2.48 bits per heavy atom. The molecule has 0 aromatic carbocycles. The smallest absolute Gasteiger partial charge is 0.375 e. The maximum absolute atomic E-state index is 11.8. The van der Waals surface area contributed by atoms with Crippen molar-refractivity contribution in [1.82, 2.24) is 14.8 Å². The van der Waals surface area contributed by atoms with Crippen molar-refractivity contribution in [3.05, 3.63) is 12.2 Å². The highest BCUT2D eigenvalue weighted by atomic mass is 17.3. The molecule has 0 unspecified atom stereocenters. The highest BCUT2D eigenvalue weighted by Gasteiger charge is 2.66. The van der Waals surface area contributed by atoms with Crippen LogP contribution in [-0.4, -0.2) is 39.4 Å². The minimum absolute atomic E-state index is 0.261. The molecule has 0 atom stereocenters. The number of aromatic nitrogens is 3. The molecule has 8 nitrogen and oxygen atoms in total. The van der Waals surface area contributed by atoms with Gasteiger partial charge in [0.25, 0.3) is 0 Å². The second kappa shape index (κ2) is 6.49. The number of carbonyl (C=O) groups is 1.